The number of hydrogen-bond acceptors (Lipinski definition) is 3. The minimum Gasteiger partial charge on any atom is -0.481 e. The van der Waals surface area contributed by atoms with Crippen LogP contribution in [0.3, 0.4) is 0 Å². The van der Waals surface area contributed by atoms with Crippen LogP contribution >= 0.6 is 0 Å². The normalized spacial score (nSPS) is 19.3. The van der Waals surface area contributed by atoms with Gasteiger partial charge >= 0.3 is 5.97 Å². The summed E-state index contributed by atoms with van der Waals surface area (Å²) in [6.07, 6.45) is 1.92. The molecule has 1 fully saturated rings. The maximum atomic E-state index is 12.2. The van der Waals surface area contributed by atoms with Gasteiger partial charge in [0.05, 0.1) is 5.92 Å². The van der Waals surface area contributed by atoms with Gasteiger partial charge < -0.3 is 10.4 Å². The Bertz CT molecular complexity index is 533. The summed E-state index contributed by atoms with van der Waals surface area (Å²) in [5, 5.41) is 12.7. The Kier molecular flexibility index (Phi) is 5.72. The molecule has 1 heterocycles. The van der Waals surface area contributed by atoms with Gasteiger partial charge in [-0.1, -0.05) is 32.0 Å². The highest BCUT2D eigenvalue weighted by atomic mass is 16.4. The van der Waals surface area contributed by atoms with Gasteiger partial charge in [-0.25, -0.2) is 0 Å². The van der Waals surface area contributed by atoms with Crippen LogP contribution in [0.4, 0.5) is 0 Å². The maximum Gasteiger partial charge on any atom is 0.307 e. The minimum absolute atomic E-state index is 0.131. The van der Waals surface area contributed by atoms with Gasteiger partial charge in [0.25, 0.3) is 0 Å². The highest BCUT2D eigenvalue weighted by molar-refractivity contribution is 5.96. The van der Waals surface area contributed by atoms with Gasteiger partial charge in [-0.15, -0.1) is 0 Å². The summed E-state index contributed by atoms with van der Waals surface area (Å²) in [7, 11) is 0. The van der Waals surface area contributed by atoms with Crippen molar-refractivity contribution in [1.82, 2.24) is 5.32 Å². The molecule has 1 saturated heterocycles. The van der Waals surface area contributed by atoms with Crippen molar-refractivity contribution in [3.8, 4) is 0 Å². The fourth-order valence-electron chi connectivity index (χ4n) is 3.09. The quantitative estimate of drug-likeness (QED) is 0.760. The summed E-state index contributed by atoms with van der Waals surface area (Å²) in [5.74, 6) is -0.496. The highest BCUT2D eigenvalue weighted by Crippen LogP contribution is 2.24. The molecule has 0 amide bonds. The standard InChI is InChI=1S/C18H25NO3/c1-12(2)8-17(20)14-5-3-4-13(9-14)10-16(18(21)22)15-6-7-19-11-15/h3-5,9,12,15-16,19H,6-8,10-11H2,1-2H3,(H,21,22). The lowest BCUT2D eigenvalue weighted by Crippen LogP contribution is -2.27. The zero-order valence-electron chi connectivity index (χ0n) is 13.3. The summed E-state index contributed by atoms with van der Waals surface area (Å²) in [4.78, 5) is 23.7. The lowest BCUT2D eigenvalue weighted by molar-refractivity contribution is -0.143. The maximum absolute atomic E-state index is 12.2. The molecule has 22 heavy (non-hydrogen) atoms. The molecule has 1 aliphatic heterocycles. The summed E-state index contributed by atoms with van der Waals surface area (Å²) >= 11 is 0. The molecule has 2 atom stereocenters. The van der Waals surface area contributed by atoms with Gasteiger partial charge in [-0.2, -0.15) is 0 Å². The molecule has 2 rings (SSSR count). The number of aliphatic carboxylic acids is 1. The fraction of sp³-hybridized carbons (Fsp3) is 0.556. The predicted molar refractivity (Wildman–Crippen MR) is 86.0 cm³/mol. The van der Waals surface area contributed by atoms with Crippen LogP contribution < -0.4 is 5.32 Å². The number of hydrogen-bond donors (Lipinski definition) is 2. The van der Waals surface area contributed by atoms with E-state index in [9.17, 15) is 14.7 Å². The molecule has 4 nitrogen and oxygen atoms in total. The summed E-state index contributed by atoms with van der Waals surface area (Å²) in [5.41, 5.74) is 1.63. The van der Waals surface area contributed by atoms with E-state index in [2.05, 4.69) is 5.32 Å². The lowest BCUT2D eigenvalue weighted by atomic mass is 9.85. The molecule has 0 saturated carbocycles. The first-order chi connectivity index (χ1) is 10.5. The third-order valence-electron chi connectivity index (χ3n) is 4.28. The number of rotatable bonds is 7. The molecule has 1 aliphatic rings. The average Bonchev–Trinajstić information content (AvgIpc) is 2.98. The molecule has 2 unspecified atom stereocenters. The van der Waals surface area contributed by atoms with Crippen LogP contribution in [-0.4, -0.2) is 29.9 Å². The van der Waals surface area contributed by atoms with Crippen molar-refractivity contribution in [1.29, 1.82) is 0 Å². The SMILES string of the molecule is CC(C)CC(=O)c1cccc(CC(C(=O)O)C2CCNC2)c1. The van der Waals surface area contributed by atoms with E-state index in [1.807, 2.05) is 38.1 Å². The van der Waals surface area contributed by atoms with Gasteiger partial charge in [0.15, 0.2) is 5.78 Å². The van der Waals surface area contributed by atoms with E-state index >= 15 is 0 Å². The number of ketones is 1. The van der Waals surface area contributed by atoms with Crippen molar-refractivity contribution >= 4 is 11.8 Å². The molecular formula is C18H25NO3. The zero-order chi connectivity index (χ0) is 16.1. The summed E-state index contributed by atoms with van der Waals surface area (Å²) in [6.45, 7) is 5.70. The number of nitrogens with one attached hydrogen (secondary N) is 1. The third kappa shape index (κ3) is 4.41. The smallest absolute Gasteiger partial charge is 0.307 e. The van der Waals surface area contributed by atoms with Gasteiger partial charge in [0.2, 0.25) is 0 Å². The minimum atomic E-state index is -0.743. The van der Waals surface area contributed by atoms with E-state index in [1.54, 1.807) is 0 Å². The van der Waals surface area contributed by atoms with Crippen LogP contribution in [-0.2, 0) is 11.2 Å². The van der Waals surface area contributed by atoms with Gasteiger partial charge in [-0.3, -0.25) is 9.59 Å². The van der Waals surface area contributed by atoms with Crippen LogP contribution in [0.1, 0.15) is 42.6 Å². The van der Waals surface area contributed by atoms with Crippen molar-refractivity contribution in [3.05, 3.63) is 35.4 Å². The van der Waals surface area contributed by atoms with Crippen LogP contribution in [0.5, 0.6) is 0 Å². The second-order valence-corrected chi connectivity index (χ2v) is 6.62. The third-order valence-corrected chi connectivity index (χ3v) is 4.28. The molecule has 2 N–H and O–H groups in total. The van der Waals surface area contributed by atoms with Crippen molar-refractivity contribution in [2.24, 2.45) is 17.8 Å². The Balaban J connectivity index is 2.11. The Labute approximate surface area is 131 Å². The number of carbonyl (C=O) groups is 2. The number of Topliss-reactive ketones (excluding diaryl/α,β-unsaturated/α-hetero) is 1. The molecule has 1 aromatic rings. The van der Waals surface area contributed by atoms with E-state index in [0.29, 0.717) is 24.3 Å². The lowest BCUT2D eigenvalue weighted by Gasteiger charge is -2.19. The van der Waals surface area contributed by atoms with E-state index in [0.717, 1.165) is 25.1 Å². The van der Waals surface area contributed by atoms with E-state index in [4.69, 9.17) is 0 Å². The van der Waals surface area contributed by atoms with Crippen LogP contribution in [0.25, 0.3) is 0 Å². The molecule has 1 aromatic carbocycles. The molecule has 0 spiro atoms. The molecule has 120 valence electrons. The molecular weight excluding hydrogens is 278 g/mol. The first-order valence-electron chi connectivity index (χ1n) is 8.03. The molecule has 4 heteroatoms. The fourth-order valence-corrected chi connectivity index (χ4v) is 3.09. The molecule has 0 bridgehead atoms. The van der Waals surface area contributed by atoms with Crippen molar-refractivity contribution in [2.45, 2.75) is 33.1 Å². The van der Waals surface area contributed by atoms with Crippen LogP contribution in [0.2, 0.25) is 0 Å². The number of carboxylic acids is 1. The number of benzene rings is 1. The van der Waals surface area contributed by atoms with E-state index in [1.165, 1.54) is 0 Å². The van der Waals surface area contributed by atoms with Crippen LogP contribution in [0, 0.1) is 17.8 Å². The van der Waals surface area contributed by atoms with Gasteiger partial charge in [0.1, 0.15) is 0 Å². The highest BCUT2D eigenvalue weighted by Gasteiger charge is 2.30. The first kappa shape index (κ1) is 16.7. The van der Waals surface area contributed by atoms with Crippen molar-refractivity contribution in [2.75, 3.05) is 13.1 Å². The monoisotopic (exact) mass is 303 g/mol. The zero-order valence-corrected chi connectivity index (χ0v) is 13.3. The van der Waals surface area contributed by atoms with Crippen molar-refractivity contribution < 1.29 is 14.7 Å². The second kappa shape index (κ2) is 7.54. The van der Waals surface area contributed by atoms with Crippen molar-refractivity contribution in [3.63, 3.8) is 0 Å². The topological polar surface area (TPSA) is 66.4 Å². The molecule has 0 aliphatic carbocycles. The average molecular weight is 303 g/mol. The van der Waals surface area contributed by atoms with Crippen LogP contribution in [0.15, 0.2) is 24.3 Å². The number of carboxylic acid groups (broad SMARTS) is 1. The number of carbonyl (C=O) groups excluding carboxylic acids is 1. The second-order valence-electron chi connectivity index (χ2n) is 6.62. The Hall–Kier alpha value is -1.68. The Morgan fingerprint density at radius 2 is 2.14 bits per heavy atom. The molecule has 0 aromatic heterocycles. The van der Waals surface area contributed by atoms with Gasteiger partial charge in [0, 0.05) is 12.0 Å². The first-order valence-corrected chi connectivity index (χ1v) is 8.03. The predicted octanol–water partition coefficient (Wildman–Crippen LogP) is 2.77. The Morgan fingerprint density at radius 1 is 1.36 bits per heavy atom. The summed E-state index contributed by atoms with van der Waals surface area (Å²) in [6, 6.07) is 7.46. The largest absolute Gasteiger partial charge is 0.481 e. The van der Waals surface area contributed by atoms with Gasteiger partial charge in [-0.05, 0) is 49.4 Å². The summed E-state index contributed by atoms with van der Waals surface area (Å²) < 4.78 is 0. The van der Waals surface area contributed by atoms with E-state index < -0.39 is 5.97 Å². The van der Waals surface area contributed by atoms with E-state index in [-0.39, 0.29) is 17.6 Å². The molecule has 0 radical (unpaired) electrons. The Morgan fingerprint density at radius 3 is 2.73 bits per heavy atom.